The quantitative estimate of drug-likeness (QED) is 0.857. The molecule has 1 atom stereocenters. The van der Waals surface area contributed by atoms with E-state index in [2.05, 4.69) is 5.32 Å². The number of nitrogens with one attached hydrogen (secondary N) is 1. The maximum Gasteiger partial charge on any atom is 0.0906 e. The van der Waals surface area contributed by atoms with Gasteiger partial charge in [-0.3, -0.25) is 0 Å². The number of hydrogen-bond donors (Lipinski definition) is 1. The van der Waals surface area contributed by atoms with Crippen LogP contribution in [-0.4, -0.2) is 20.2 Å². The Morgan fingerprint density at radius 3 is 2.83 bits per heavy atom. The normalized spacial score (nSPS) is 22.2. The zero-order chi connectivity index (χ0) is 12.7. The largest absolute Gasteiger partial charge is 0.504 e. The van der Waals surface area contributed by atoms with Gasteiger partial charge >= 0.3 is 0 Å². The average molecular weight is 282 g/mol. The predicted octanol–water partition coefficient (Wildman–Crippen LogP) is 3.51. The van der Waals surface area contributed by atoms with Gasteiger partial charge in [0.05, 0.1) is 23.4 Å². The number of methoxy groups -OCH3 is 1. The summed E-state index contributed by atoms with van der Waals surface area (Å²) in [6.45, 7) is 2.02. The van der Waals surface area contributed by atoms with Crippen LogP contribution in [0.5, 0.6) is 0 Å². The summed E-state index contributed by atoms with van der Waals surface area (Å²) in [6.07, 6.45) is 1.79. The van der Waals surface area contributed by atoms with Crippen LogP contribution in [0.2, 0.25) is 10.0 Å². The SMILES string of the molecule is CO/C=C(\C1=C2CNCC21)c1ccc(Cl)c(Cl)c1. The summed E-state index contributed by atoms with van der Waals surface area (Å²) in [5, 5.41) is 4.50. The van der Waals surface area contributed by atoms with Crippen molar-refractivity contribution in [2.24, 2.45) is 5.92 Å². The summed E-state index contributed by atoms with van der Waals surface area (Å²) in [5.41, 5.74) is 5.07. The lowest BCUT2D eigenvalue weighted by atomic mass is 10.0. The molecule has 18 heavy (non-hydrogen) atoms. The van der Waals surface area contributed by atoms with Crippen LogP contribution < -0.4 is 5.32 Å². The molecule has 0 aromatic heterocycles. The fourth-order valence-electron chi connectivity index (χ4n) is 2.54. The van der Waals surface area contributed by atoms with Gasteiger partial charge in [0.1, 0.15) is 0 Å². The monoisotopic (exact) mass is 281 g/mol. The topological polar surface area (TPSA) is 21.3 Å². The molecule has 1 aromatic rings. The fourth-order valence-corrected chi connectivity index (χ4v) is 2.84. The van der Waals surface area contributed by atoms with Gasteiger partial charge in [-0.1, -0.05) is 29.3 Å². The maximum atomic E-state index is 6.08. The second-order valence-electron chi connectivity index (χ2n) is 4.52. The molecule has 0 radical (unpaired) electrons. The Hall–Kier alpha value is -0.960. The minimum atomic E-state index is 0.575. The van der Waals surface area contributed by atoms with Crippen molar-refractivity contribution in [1.82, 2.24) is 5.32 Å². The third kappa shape index (κ3) is 1.95. The van der Waals surface area contributed by atoms with E-state index in [1.165, 1.54) is 11.1 Å². The Bertz CT molecular complexity index is 563. The first-order valence-corrected chi connectivity index (χ1v) is 6.60. The molecule has 1 N–H and O–H groups in total. The van der Waals surface area contributed by atoms with Gasteiger partial charge in [0.15, 0.2) is 0 Å². The van der Waals surface area contributed by atoms with E-state index in [-0.39, 0.29) is 0 Å². The van der Waals surface area contributed by atoms with Crippen molar-refractivity contribution in [3.63, 3.8) is 0 Å². The van der Waals surface area contributed by atoms with Crippen LogP contribution in [0.3, 0.4) is 0 Å². The van der Waals surface area contributed by atoms with Crippen LogP contribution in [0.1, 0.15) is 5.56 Å². The molecule has 1 fully saturated rings. The second-order valence-corrected chi connectivity index (χ2v) is 5.33. The van der Waals surface area contributed by atoms with Crippen molar-refractivity contribution in [1.29, 1.82) is 0 Å². The van der Waals surface area contributed by atoms with E-state index < -0.39 is 0 Å². The van der Waals surface area contributed by atoms with Gasteiger partial charge < -0.3 is 10.1 Å². The molecule has 1 heterocycles. The first-order valence-electron chi connectivity index (χ1n) is 5.84. The Balaban J connectivity index is 1.98. The summed E-state index contributed by atoms with van der Waals surface area (Å²) in [4.78, 5) is 0. The molecule has 3 rings (SSSR count). The van der Waals surface area contributed by atoms with Crippen LogP contribution in [0.4, 0.5) is 0 Å². The molecule has 1 unspecified atom stereocenters. The van der Waals surface area contributed by atoms with Crippen molar-refractivity contribution in [2.75, 3.05) is 20.2 Å². The zero-order valence-corrected chi connectivity index (χ0v) is 11.5. The van der Waals surface area contributed by atoms with Gasteiger partial charge in [-0.15, -0.1) is 0 Å². The highest BCUT2D eigenvalue weighted by atomic mass is 35.5. The number of allylic oxidation sites excluding steroid dienone is 1. The van der Waals surface area contributed by atoms with Crippen molar-refractivity contribution < 1.29 is 4.74 Å². The number of hydrogen-bond acceptors (Lipinski definition) is 2. The summed E-state index contributed by atoms with van der Waals surface area (Å²) >= 11 is 12.0. The van der Waals surface area contributed by atoms with Crippen molar-refractivity contribution in [3.8, 4) is 0 Å². The van der Waals surface area contributed by atoms with Gasteiger partial charge in [0.25, 0.3) is 0 Å². The van der Waals surface area contributed by atoms with Gasteiger partial charge in [-0.2, -0.15) is 0 Å². The number of halogens is 2. The van der Waals surface area contributed by atoms with Gasteiger partial charge in [-0.05, 0) is 28.8 Å². The van der Waals surface area contributed by atoms with E-state index in [0.717, 1.165) is 24.2 Å². The lowest BCUT2D eigenvalue weighted by Gasteiger charge is -2.08. The average Bonchev–Trinajstić information content (AvgIpc) is 2.82. The zero-order valence-electron chi connectivity index (χ0n) is 9.97. The molecule has 0 bridgehead atoms. The van der Waals surface area contributed by atoms with E-state index in [1.54, 1.807) is 13.4 Å². The fraction of sp³-hybridized carbons (Fsp3) is 0.286. The van der Waals surface area contributed by atoms with Crippen LogP contribution in [0.25, 0.3) is 5.57 Å². The summed E-state index contributed by atoms with van der Waals surface area (Å²) < 4.78 is 5.20. The predicted molar refractivity (Wildman–Crippen MR) is 74.8 cm³/mol. The van der Waals surface area contributed by atoms with E-state index in [9.17, 15) is 0 Å². The molecule has 1 saturated heterocycles. The highest BCUT2D eigenvalue weighted by Gasteiger charge is 2.42. The van der Waals surface area contributed by atoms with Crippen LogP contribution >= 0.6 is 23.2 Å². The third-order valence-electron chi connectivity index (χ3n) is 3.45. The molecule has 4 heteroatoms. The molecule has 1 aromatic carbocycles. The molecular formula is C14H13Cl2NO. The molecule has 0 spiro atoms. The summed E-state index contributed by atoms with van der Waals surface area (Å²) in [6, 6.07) is 5.70. The molecule has 1 aliphatic heterocycles. The standard InChI is InChI=1S/C14H13Cl2NO/c1-18-7-11(14-9-5-17-6-10(9)14)8-2-3-12(15)13(16)4-8/h2-4,7,9,17H,5-6H2,1H3/b11-7-. The van der Waals surface area contributed by atoms with Gasteiger partial charge in [0.2, 0.25) is 0 Å². The van der Waals surface area contributed by atoms with Crippen molar-refractivity contribution in [3.05, 3.63) is 51.2 Å². The van der Waals surface area contributed by atoms with E-state index in [4.69, 9.17) is 27.9 Å². The number of fused-ring (bicyclic) bond motifs is 1. The van der Waals surface area contributed by atoms with Crippen molar-refractivity contribution >= 4 is 28.8 Å². The molecule has 1 aliphatic carbocycles. The minimum Gasteiger partial charge on any atom is -0.504 e. The number of rotatable bonds is 3. The number of ether oxygens (including phenoxy) is 1. The van der Waals surface area contributed by atoms with Crippen molar-refractivity contribution in [2.45, 2.75) is 0 Å². The molecule has 0 saturated carbocycles. The Kier molecular flexibility index (Phi) is 3.10. The lowest BCUT2D eigenvalue weighted by Crippen LogP contribution is -2.10. The lowest BCUT2D eigenvalue weighted by molar-refractivity contribution is 0.340. The van der Waals surface area contributed by atoms with Crippen LogP contribution in [-0.2, 0) is 4.74 Å². The third-order valence-corrected chi connectivity index (χ3v) is 4.19. The maximum absolute atomic E-state index is 6.08. The highest BCUT2D eigenvalue weighted by Crippen LogP contribution is 2.49. The molecule has 94 valence electrons. The molecule has 2 aliphatic rings. The Morgan fingerprint density at radius 2 is 2.22 bits per heavy atom. The first-order chi connectivity index (χ1) is 8.72. The Labute approximate surface area is 116 Å². The summed E-state index contributed by atoms with van der Waals surface area (Å²) in [5.74, 6) is 0.584. The first kappa shape index (κ1) is 12.1. The minimum absolute atomic E-state index is 0.575. The smallest absolute Gasteiger partial charge is 0.0906 e. The van der Waals surface area contributed by atoms with Gasteiger partial charge in [0, 0.05) is 24.6 Å². The molecule has 2 nitrogen and oxygen atoms in total. The second kappa shape index (κ2) is 4.61. The number of benzene rings is 1. The van der Waals surface area contributed by atoms with E-state index in [0.29, 0.717) is 16.0 Å². The molecule has 0 amide bonds. The van der Waals surface area contributed by atoms with Crippen LogP contribution in [0, 0.1) is 5.92 Å². The van der Waals surface area contributed by atoms with Gasteiger partial charge in [-0.25, -0.2) is 0 Å². The molecular weight excluding hydrogens is 269 g/mol. The summed E-state index contributed by atoms with van der Waals surface area (Å²) in [7, 11) is 1.67. The van der Waals surface area contributed by atoms with E-state index in [1.807, 2.05) is 18.2 Å². The Morgan fingerprint density at radius 1 is 1.39 bits per heavy atom. The highest BCUT2D eigenvalue weighted by molar-refractivity contribution is 6.42. The van der Waals surface area contributed by atoms with E-state index >= 15 is 0 Å². The van der Waals surface area contributed by atoms with Crippen LogP contribution in [0.15, 0.2) is 35.6 Å².